The number of esters is 1. The molecule has 0 amide bonds. The second kappa shape index (κ2) is 6.93. The summed E-state index contributed by atoms with van der Waals surface area (Å²) in [5.74, 6) is -0.0832. The molecule has 0 unspecified atom stereocenters. The van der Waals surface area contributed by atoms with Gasteiger partial charge in [0.25, 0.3) is 0 Å². The van der Waals surface area contributed by atoms with Crippen molar-refractivity contribution in [2.45, 2.75) is 12.8 Å². The summed E-state index contributed by atoms with van der Waals surface area (Å²) in [6.45, 7) is 7.36. The largest absolute Gasteiger partial charge is 0.463 e. The van der Waals surface area contributed by atoms with Crippen LogP contribution in [-0.2, 0) is 14.3 Å². The molecule has 17 heavy (non-hydrogen) atoms. The van der Waals surface area contributed by atoms with Crippen molar-refractivity contribution in [1.82, 2.24) is 9.80 Å². The Morgan fingerprint density at radius 1 is 1.06 bits per heavy atom. The fraction of sp³-hybridized carbons (Fsp3) is 0.917. The summed E-state index contributed by atoms with van der Waals surface area (Å²) < 4.78 is 10.5. The van der Waals surface area contributed by atoms with E-state index in [0.717, 1.165) is 45.9 Å². The third-order valence-corrected chi connectivity index (χ3v) is 3.33. The summed E-state index contributed by atoms with van der Waals surface area (Å²) in [6.07, 6.45) is 2.42. The van der Waals surface area contributed by atoms with E-state index in [-0.39, 0.29) is 5.97 Å². The molecule has 0 aromatic carbocycles. The Balaban J connectivity index is 1.53. The molecule has 2 aliphatic rings. The first-order chi connectivity index (χ1) is 8.34. The first kappa shape index (κ1) is 12.8. The minimum Gasteiger partial charge on any atom is -0.463 e. The normalized spacial score (nSPS) is 22.8. The summed E-state index contributed by atoms with van der Waals surface area (Å²) in [7, 11) is 0. The minimum absolute atomic E-state index is 0.0832. The number of carbonyl (C=O) groups excluding carboxylic acids is 1. The van der Waals surface area contributed by atoms with Gasteiger partial charge in [0.2, 0.25) is 0 Å². The van der Waals surface area contributed by atoms with Crippen molar-refractivity contribution in [2.75, 3.05) is 59.1 Å². The van der Waals surface area contributed by atoms with Gasteiger partial charge in [-0.15, -0.1) is 0 Å². The summed E-state index contributed by atoms with van der Waals surface area (Å²) in [4.78, 5) is 16.0. The van der Waals surface area contributed by atoms with Crippen LogP contribution in [0.4, 0.5) is 0 Å². The summed E-state index contributed by atoms with van der Waals surface area (Å²) in [5.41, 5.74) is 0. The zero-order valence-electron chi connectivity index (χ0n) is 10.4. The molecule has 0 aromatic rings. The number of hydrogen-bond donors (Lipinski definition) is 0. The molecule has 0 saturated carbocycles. The Bertz CT molecular complexity index is 236. The molecule has 5 heteroatoms. The smallest absolute Gasteiger partial charge is 0.320 e. The van der Waals surface area contributed by atoms with Crippen LogP contribution in [0.2, 0.25) is 0 Å². The molecule has 2 rings (SSSR count). The number of nitrogens with zero attached hydrogens (tertiary/aromatic N) is 2. The van der Waals surface area contributed by atoms with Gasteiger partial charge in [0.1, 0.15) is 6.61 Å². The van der Waals surface area contributed by atoms with E-state index >= 15 is 0 Å². The quantitative estimate of drug-likeness (QED) is 0.633. The number of ether oxygens (including phenoxy) is 2. The predicted molar refractivity (Wildman–Crippen MR) is 63.9 cm³/mol. The molecule has 2 aliphatic heterocycles. The molecule has 5 nitrogen and oxygen atoms in total. The summed E-state index contributed by atoms with van der Waals surface area (Å²) in [6, 6.07) is 0. The van der Waals surface area contributed by atoms with Crippen molar-refractivity contribution in [1.29, 1.82) is 0 Å². The molecule has 0 radical (unpaired) electrons. The minimum atomic E-state index is -0.0832. The van der Waals surface area contributed by atoms with Crippen LogP contribution in [0.3, 0.4) is 0 Å². The molecule has 0 aromatic heterocycles. The third kappa shape index (κ3) is 4.61. The molecule has 0 N–H and O–H groups in total. The van der Waals surface area contributed by atoms with Gasteiger partial charge in [0.05, 0.1) is 19.8 Å². The maximum absolute atomic E-state index is 11.5. The molecular weight excluding hydrogens is 220 g/mol. The van der Waals surface area contributed by atoms with Crippen LogP contribution < -0.4 is 0 Å². The van der Waals surface area contributed by atoms with Gasteiger partial charge in [0.15, 0.2) is 0 Å². The first-order valence-corrected chi connectivity index (χ1v) is 6.53. The van der Waals surface area contributed by atoms with Gasteiger partial charge >= 0.3 is 5.97 Å². The second-order valence-electron chi connectivity index (χ2n) is 4.66. The fourth-order valence-corrected chi connectivity index (χ4v) is 2.28. The fourth-order valence-electron chi connectivity index (χ4n) is 2.28. The van der Waals surface area contributed by atoms with Crippen LogP contribution in [0.1, 0.15) is 12.8 Å². The highest BCUT2D eigenvalue weighted by Crippen LogP contribution is 2.06. The molecule has 0 aliphatic carbocycles. The van der Waals surface area contributed by atoms with Gasteiger partial charge in [-0.05, 0) is 25.9 Å². The number of likely N-dealkylation sites (tertiary alicyclic amines) is 1. The van der Waals surface area contributed by atoms with Crippen molar-refractivity contribution in [3.8, 4) is 0 Å². The van der Waals surface area contributed by atoms with Crippen molar-refractivity contribution >= 4 is 5.97 Å². The van der Waals surface area contributed by atoms with E-state index < -0.39 is 0 Å². The zero-order valence-corrected chi connectivity index (χ0v) is 10.4. The van der Waals surface area contributed by atoms with E-state index in [0.29, 0.717) is 13.2 Å². The van der Waals surface area contributed by atoms with Gasteiger partial charge in [-0.2, -0.15) is 0 Å². The van der Waals surface area contributed by atoms with Crippen LogP contribution in [0, 0.1) is 0 Å². The van der Waals surface area contributed by atoms with E-state index in [2.05, 4.69) is 9.80 Å². The van der Waals surface area contributed by atoms with Crippen LogP contribution in [0.25, 0.3) is 0 Å². The average Bonchev–Trinajstić information content (AvgIpc) is 2.83. The van der Waals surface area contributed by atoms with Gasteiger partial charge in [-0.3, -0.25) is 14.6 Å². The van der Waals surface area contributed by atoms with Crippen molar-refractivity contribution in [3.05, 3.63) is 0 Å². The summed E-state index contributed by atoms with van der Waals surface area (Å²) in [5, 5.41) is 0. The maximum Gasteiger partial charge on any atom is 0.320 e. The van der Waals surface area contributed by atoms with Gasteiger partial charge in [0, 0.05) is 19.6 Å². The van der Waals surface area contributed by atoms with Crippen LogP contribution >= 0.6 is 0 Å². The van der Waals surface area contributed by atoms with Gasteiger partial charge in [-0.25, -0.2) is 0 Å². The highest BCUT2D eigenvalue weighted by atomic mass is 16.5. The molecule has 2 heterocycles. The van der Waals surface area contributed by atoms with Crippen molar-refractivity contribution in [2.24, 2.45) is 0 Å². The van der Waals surface area contributed by atoms with Crippen molar-refractivity contribution in [3.63, 3.8) is 0 Å². The molecule has 2 saturated heterocycles. The monoisotopic (exact) mass is 242 g/mol. The van der Waals surface area contributed by atoms with Gasteiger partial charge < -0.3 is 9.47 Å². The Kier molecular flexibility index (Phi) is 5.22. The van der Waals surface area contributed by atoms with Crippen LogP contribution in [0.5, 0.6) is 0 Å². The lowest BCUT2D eigenvalue weighted by Gasteiger charge is -2.26. The van der Waals surface area contributed by atoms with E-state index in [9.17, 15) is 4.79 Å². The lowest BCUT2D eigenvalue weighted by molar-refractivity contribution is -0.145. The molecular formula is C12H22N2O3. The third-order valence-electron chi connectivity index (χ3n) is 3.33. The second-order valence-corrected chi connectivity index (χ2v) is 4.66. The standard InChI is InChI=1S/C12H22N2O3/c15-12(11-14-3-1-2-4-14)17-10-7-13-5-8-16-9-6-13/h1-11H2. The first-order valence-electron chi connectivity index (χ1n) is 6.53. The van der Waals surface area contributed by atoms with E-state index in [4.69, 9.17) is 9.47 Å². The molecule has 0 spiro atoms. The maximum atomic E-state index is 11.5. The topological polar surface area (TPSA) is 42.0 Å². The zero-order chi connectivity index (χ0) is 11.9. The molecule has 98 valence electrons. The lowest BCUT2D eigenvalue weighted by Crippen LogP contribution is -2.39. The lowest BCUT2D eigenvalue weighted by atomic mass is 10.4. The Morgan fingerprint density at radius 2 is 1.76 bits per heavy atom. The van der Waals surface area contributed by atoms with Crippen LogP contribution in [0.15, 0.2) is 0 Å². The van der Waals surface area contributed by atoms with Crippen molar-refractivity contribution < 1.29 is 14.3 Å². The molecule has 0 bridgehead atoms. The molecule has 2 fully saturated rings. The highest BCUT2D eigenvalue weighted by molar-refractivity contribution is 5.71. The van der Waals surface area contributed by atoms with E-state index in [1.165, 1.54) is 12.8 Å². The SMILES string of the molecule is O=C(CN1CCCC1)OCCN1CCOCC1. The Hall–Kier alpha value is -0.650. The average molecular weight is 242 g/mol. The summed E-state index contributed by atoms with van der Waals surface area (Å²) >= 11 is 0. The Labute approximate surface area is 103 Å². The number of carbonyl (C=O) groups is 1. The van der Waals surface area contributed by atoms with E-state index in [1.54, 1.807) is 0 Å². The number of rotatable bonds is 5. The van der Waals surface area contributed by atoms with Crippen LogP contribution in [-0.4, -0.2) is 74.9 Å². The Morgan fingerprint density at radius 3 is 2.47 bits per heavy atom. The highest BCUT2D eigenvalue weighted by Gasteiger charge is 2.16. The number of morpholine rings is 1. The predicted octanol–water partition coefficient (Wildman–Crippen LogP) is -0.0424. The van der Waals surface area contributed by atoms with Gasteiger partial charge in [-0.1, -0.05) is 0 Å². The van der Waals surface area contributed by atoms with E-state index in [1.807, 2.05) is 0 Å². The number of hydrogen-bond acceptors (Lipinski definition) is 5. The molecule has 0 atom stereocenters.